The summed E-state index contributed by atoms with van der Waals surface area (Å²) < 4.78 is 1.25. The first kappa shape index (κ1) is 16.0. The van der Waals surface area contributed by atoms with Gasteiger partial charge in [0.15, 0.2) is 0 Å². The summed E-state index contributed by atoms with van der Waals surface area (Å²) in [5, 5.41) is 3.86. The van der Waals surface area contributed by atoms with Crippen LogP contribution in [0.1, 0.15) is 50.3 Å². The molecule has 21 heavy (non-hydrogen) atoms. The van der Waals surface area contributed by atoms with Crippen LogP contribution in [0.15, 0.2) is 15.9 Å². The summed E-state index contributed by atoms with van der Waals surface area (Å²) in [7, 11) is 0. The molecule has 2 nitrogen and oxygen atoms in total. The third-order valence-corrected chi connectivity index (χ3v) is 6.85. The highest BCUT2D eigenvalue weighted by Gasteiger charge is 2.32. The molecule has 0 bridgehead atoms. The second-order valence-electron chi connectivity index (χ2n) is 6.61. The van der Waals surface area contributed by atoms with Crippen molar-refractivity contribution >= 4 is 27.3 Å². The van der Waals surface area contributed by atoms with Gasteiger partial charge in [0.05, 0.1) is 3.79 Å². The van der Waals surface area contributed by atoms with Crippen molar-refractivity contribution in [2.24, 2.45) is 5.92 Å². The van der Waals surface area contributed by atoms with E-state index in [1.807, 2.05) is 11.3 Å². The quantitative estimate of drug-likeness (QED) is 0.829. The molecule has 2 atom stereocenters. The van der Waals surface area contributed by atoms with E-state index in [0.717, 1.165) is 18.5 Å². The third-order valence-electron chi connectivity index (χ3n) is 5.24. The lowest BCUT2D eigenvalue weighted by atomic mass is 9.82. The highest BCUT2D eigenvalue weighted by molar-refractivity contribution is 9.11. The standard InChI is InChI=1S/C17H27BrN2S/c1-2-14-10-19-16(13-6-4-3-5-7-13)12-20(14)11-15-8-9-17(18)21-15/h8-9,13-14,16,19H,2-7,10-12H2,1H3. The van der Waals surface area contributed by atoms with E-state index >= 15 is 0 Å². The van der Waals surface area contributed by atoms with E-state index in [1.54, 1.807) is 0 Å². The molecular formula is C17H27BrN2S. The maximum atomic E-state index is 3.86. The minimum atomic E-state index is 0.700. The lowest BCUT2D eigenvalue weighted by molar-refractivity contribution is 0.0882. The minimum Gasteiger partial charge on any atom is -0.311 e. The van der Waals surface area contributed by atoms with Gasteiger partial charge in [-0.1, -0.05) is 26.2 Å². The van der Waals surface area contributed by atoms with Crippen LogP contribution in [0.25, 0.3) is 0 Å². The smallest absolute Gasteiger partial charge is 0.0701 e. The Morgan fingerprint density at radius 1 is 1.29 bits per heavy atom. The van der Waals surface area contributed by atoms with E-state index in [9.17, 15) is 0 Å². The van der Waals surface area contributed by atoms with E-state index in [1.165, 1.54) is 60.3 Å². The van der Waals surface area contributed by atoms with Gasteiger partial charge in [0.2, 0.25) is 0 Å². The van der Waals surface area contributed by atoms with Crippen molar-refractivity contribution in [3.8, 4) is 0 Å². The van der Waals surface area contributed by atoms with Crippen LogP contribution in [0.3, 0.4) is 0 Å². The van der Waals surface area contributed by atoms with Gasteiger partial charge in [0.25, 0.3) is 0 Å². The van der Waals surface area contributed by atoms with Crippen molar-refractivity contribution in [1.29, 1.82) is 0 Å². The average molecular weight is 371 g/mol. The zero-order valence-corrected chi connectivity index (χ0v) is 15.4. The summed E-state index contributed by atoms with van der Waals surface area (Å²) in [5.41, 5.74) is 0. The van der Waals surface area contributed by atoms with Crippen molar-refractivity contribution in [3.63, 3.8) is 0 Å². The predicted octanol–water partition coefficient (Wildman–Crippen LogP) is 4.64. The number of hydrogen-bond acceptors (Lipinski definition) is 3. The van der Waals surface area contributed by atoms with Gasteiger partial charge >= 0.3 is 0 Å². The first-order valence-electron chi connectivity index (χ1n) is 8.48. The van der Waals surface area contributed by atoms with Gasteiger partial charge in [-0.2, -0.15) is 0 Å². The Labute approximate surface area is 141 Å². The van der Waals surface area contributed by atoms with Crippen LogP contribution in [0.5, 0.6) is 0 Å². The Kier molecular flexibility index (Phi) is 5.77. The van der Waals surface area contributed by atoms with Crippen LogP contribution in [0.2, 0.25) is 0 Å². The molecule has 0 aromatic carbocycles. The topological polar surface area (TPSA) is 15.3 Å². The molecule has 1 N–H and O–H groups in total. The summed E-state index contributed by atoms with van der Waals surface area (Å²) >= 11 is 5.48. The molecule has 0 spiro atoms. The van der Waals surface area contributed by atoms with Crippen molar-refractivity contribution in [1.82, 2.24) is 10.2 Å². The van der Waals surface area contributed by atoms with Gasteiger partial charge in [-0.15, -0.1) is 11.3 Å². The normalized spacial score (nSPS) is 28.9. The summed E-state index contributed by atoms with van der Waals surface area (Å²) in [6, 6.07) is 5.88. The highest BCUT2D eigenvalue weighted by Crippen LogP contribution is 2.30. The molecule has 1 aromatic heterocycles. The Morgan fingerprint density at radius 2 is 2.10 bits per heavy atom. The molecule has 2 unspecified atom stereocenters. The molecule has 1 aliphatic heterocycles. The van der Waals surface area contributed by atoms with E-state index < -0.39 is 0 Å². The first-order valence-corrected chi connectivity index (χ1v) is 10.1. The number of nitrogens with zero attached hydrogens (tertiary/aromatic N) is 1. The summed E-state index contributed by atoms with van der Waals surface area (Å²) in [5.74, 6) is 0.911. The van der Waals surface area contributed by atoms with E-state index in [4.69, 9.17) is 0 Å². The molecular weight excluding hydrogens is 344 g/mol. The minimum absolute atomic E-state index is 0.700. The Balaban J connectivity index is 1.63. The number of rotatable bonds is 4. The van der Waals surface area contributed by atoms with Gasteiger partial charge in [0, 0.05) is 36.6 Å². The van der Waals surface area contributed by atoms with E-state index in [2.05, 4.69) is 45.2 Å². The summed E-state index contributed by atoms with van der Waals surface area (Å²) in [4.78, 5) is 4.22. The van der Waals surface area contributed by atoms with Crippen LogP contribution in [-0.4, -0.2) is 30.1 Å². The van der Waals surface area contributed by atoms with Crippen molar-refractivity contribution < 1.29 is 0 Å². The Bertz CT molecular complexity index is 442. The largest absolute Gasteiger partial charge is 0.311 e. The van der Waals surface area contributed by atoms with Crippen molar-refractivity contribution in [3.05, 3.63) is 20.8 Å². The fraction of sp³-hybridized carbons (Fsp3) is 0.765. The zero-order chi connectivity index (χ0) is 14.7. The van der Waals surface area contributed by atoms with Gasteiger partial charge in [0.1, 0.15) is 0 Å². The SMILES string of the molecule is CCC1CNC(C2CCCCC2)CN1Cc1ccc(Br)s1. The van der Waals surface area contributed by atoms with Gasteiger partial charge in [-0.05, 0) is 53.2 Å². The maximum Gasteiger partial charge on any atom is 0.0701 e. The van der Waals surface area contributed by atoms with Gasteiger partial charge in [-0.3, -0.25) is 4.90 Å². The molecule has 0 amide bonds. The van der Waals surface area contributed by atoms with Gasteiger partial charge < -0.3 is 5.32 Å². The molecule has 1 aliphatic carbocycles. The van der Waals surface area contributed by atoms with E-state index in [0.29, 0.717) is 6.04 Å². The van der Waals surface area contributed by atoms with Gasteiger partial charge in [-0.25, -0.2) is 0 Å². The van der Waals surface area contributed by atoms with Crippen LogP contribution in [0, 0.1) is 5.92 Å². The van der Waals surface area contributed by atoms with Crippen LogP contribution >= 0.6 is 27.3 Å². The molecule has 1 saturated heterocycles. The molecule has 3 rings (SSSR count). The molecule has 2 fully saturated rings. The lowest BCUT2D eigenvalue weighted by Crippen LogP contribution is -2.58. The predicted molar refractivity (Wildman–Crippen MR) is 94.9 cm³/mol. The monoisotopic (exact) mass is 370 g/mol. The average Bonchev–Trinajstić information content (AvgIpc) is 2.93. The third kappa shape index (κ3) is 4.10. The van der Waals surface area contributed by atoms with Crippen LogP contribution < -0.4 is 5.32 Å². The number of hydrogen-bond donors (Lipinski definition) is 1. The number of nitrogens with one attached hydrogen (secondary N) is 1. The molecule has 4 heteroatoms. The molecule has 1 saturated carbocycles. The summed E-state index contributed by atoms with van der Waals surface area (Å²) in [6.07, 6.45) is 8.46. The zero-order valence-electron chi connectivity index (χ0n) is 13.0. The Morgan fingerprint density at radius 3 is 2.76 bits per heavy atom. The fourth-order valence-electron chi connectivity index (χ4n) is 3.97. The van der Waals surface area contributed by atoms with E-state index in [-0.39, 0.29) is 0 Å². The lowest BCUT2D eigenvalue weighted by Gasteiger charge is -2.43. The first-order chi connectivity index (χ1) is 10.3. The molecule has 2 heterocycles. The van der Waals surface area contributed by atoms with Crippen molar-refractivity contribution in [2.75, 3.05) is 13.1 Å². The Hall–Kier alpha value is 0.1000. The molecule has 118 valence electrons. The number of piperazine rings is 1. The van der Waals surface area contributed by atoms with Crippen LogP contribution in [0.4, 0.5) is 0 Å². The molecule has 0 radical (unpaired) electrons. The molecule has 2 aliphatic rings. The maximum absolute atomic E-state index is 3.86. The number of thiophene rings is 1. The second-order valence-corrected chi connectivity index (χ2v) is 9.16. The molecule has 1 aromatic rings. The van der Waals surface area contributed by atoms with Crippen molar-refractivity contribution in [2.45, 2.75) is 64.1 Å². The second kappa shape index (κ2) is 7.58. The fourth-order valence-corrected chi connectivity index (χ4v) is 5.48. The summed E-state index contributed by atoms with van der Waals surface area (Å²) in [6.45, 7) is 5.85. The number of halogens is 1. The highest BCUT2D eigenvalue weighted by atomic mass is 79.9. The van der Waals surface area contributed by atoms with Crippen LogP contribution in [-0.2, 0) is 6.54 Å².